The Kier molecular flexibility index (Phi) is 13.2. The number of hydrogen-bond acceptors (Lipinski definition) is 4. The minimum absolute atomic E-state index is 0.226. The third-order valence-corrected chi connectivity index (χ3v) is 2.49. The van der Waals surface area contributed by atoms with Gasteiger partial charge in [-0.3, -0.25) is 4.57 Å². The van der Waals surface area contributed by atoms with Crippen molar-refractivity contribution >= 4 is 15.1 Å². The van der Waals surface area contributed by atoms with Crippen LogP contribution in [-0.4, -0.2) is 39.9 Å². The second-order valence-corrected chi connectivity index (χ2v) is 12.3. The summed E-state index contributed by atoms with van der Waals surface area (Å²) in [6.45, 7) is 13.6. The van der Waals surface area contributed by atoms with Gasteiger partial charge in [-0.25, -0.2) is 0 Å². The summed E-state index contributed by atoms with van der Waals surface area (Å²) < 4.78 is 20.2. The molecule has 0 radical (unpaired) electrons. The van der Waals surface area contributed by atoms with Crippen LogP contribution in [0, 0.1) is 0 Å². The first-order valence-electron chi connectivity index (χ1n) is 6.51. The van der Waals surface area contributed by atoms with Gasteiger partial charge in [0.15, 0.2) is 0 Å². The molecule has 0 aromatic heterocycles. The van der Waals surface area contributed by atoms with Crippen LogP contribution in [0.5, 0.6) is 0 Å². The Balaban J connectivity index is 0. The maximum Gasteiger partial charge on any atom is 0.267 e. The van der Waals surface area contributed by atoms with E-state index >= 15 is 0 Å². The van der Waals surface area contributed by atoms with Crippen molar-refractivity contribution in [2.24, 2.45) is 0 Å². The SMILES string of the molecule is CCCCOP(=O)([O-])OCCCC.C[P+](C)(C)C. The molecule has 0 saturated heterocycles. The topological polar surface area (TPSA) is 58.6 Å². The van der Waals surface area contributed by atoms with E-state index in [2.05, 4.69) is 35.7 Å². The summed E-state index contributed by atoms with van der Waals surface area (Å²) in [6, 6.07) is 0. The molecule has 0 atom stereocenters. The lowest BCUT2D eigenvalue weighted by molar-refractivity contribution is -0.225. The van der Waals surface area contributed by atoms with Crippen LogP contribution in [-0.2, 0) is 13.6 Å². The first-order chi connectivity index (χ1) is 8.12. The van der Waals surface area contributed by atoms with Gasteiger partial charge in [-0.2, -0.15) is 0 Å². The van der Waals surface area contributed by atoms with Crippen molar-refractivity contribution in [1.29, 1.82) is 0 Å². The first-order valence-corrected chi connectivity index (χ1v) is 11.5. The fourth-order valence-electron chi connectivity index (χ4n) is 0.679. The Morgan fingerprint density at radius 2 is 1.22 bits per heavy atom. The van der Waals surface area contributed by atoms with Crippen molar-refractivity contribution in [3.05, 3.63) is 0 Å². The Bertz CT molecular complexity index is 207. The van der Waals surface area contributed by atoms with Gasteiger partial charge in [0.05, 0.1) is 13.2 Å². The van der Waals surface area contributed by atoms with Gasteiger partial charge in [-0.05, 0) is 12.8 Å². The molecule has 0 amide bonds. The maximum atomic E-state index is 11.0. The molecular weight excluding hydrogens is 270 g/mol. The van der Waals surface area contributed by atoms with Crippen molar-refractivity contribution in [3.63, 3.8) is 0 Å². The van der Waals surface area contributed by atoms with Crippen molar-refractivity contribution in [2.75, 3.05) is 39.9 Å². The molecule has 0 fully saturated rings. The summed E-state index contributed by atoms with van der Waals surface area (Å²) in [5.41, 5.74) is 0. The van der Waals surface area contributed by atoms with Gasteiger partial charge < -0.3 is 13.9 Å². The lowest BCUT2D eigenvalue weighted by Gasteiger charge is -2.22. The molecule has 0 spiro atoms. The van der Waals surface area contributed by atoms with Crippen LogP contribution in [0.15, 0.2) is 0 Å². The van der Waals surface area contributed by atoms with E-state index in [1.807, 2.05) is 13.8 Å². The molecule has 0 aromatic carbocycles. The van der Waals surface area contributed by atoms with Crippen molar-refractivity contribution < 1.29 is 18.5 Å². The Hall–Kier alpha value is 0.540. The monoisotopic (exact) mass is 300 g/mol. The second kappa shape index (κ2) is 11.4. The highest BCUT2D eigenvalue weighted by Gasteiger charge is 2.07. The molecule has 0 rings (SSSR count). The molecule has 0 N–H and O–H groups in total. The van der Waals surface area contributed by atoms with Crippen molar-refractivity contribution in [3.8, 4) is 0 Å². The van der Waals surface area contributed by atoms with E-state index in [9.17, 15) is 9.46 Å². The van der Waals surface area contributed by atoms with Gasteiger partial charge in [-0.1, -0.05) is 26.7 Å². The molecule has 4 nitrogen and oxygen atoms in total. The van der Waals surface area contributed by atoms with E-state index in [0.717, 1.165) is 25.7 Å². The summed E-state index contributed by atoms with van der Waals surface area (Å²) in [4.78, 5) is 11.0. The van der Waals surface area contributed by atoms with Crippen LogP contribution < -0.4 is 4.89 Å². The second-order valence-electron chi connectivity index (χ2n) is 5.50. The fraction of sp³-hybridized carbons (Fsp3) is 1.00. The Labute approximate surface area is 113 Å². The van der Waals surface area contributed by atoms with Gasteiger partial charge in [0, 0.05) is 33.9 Å². The van der Waals surface area contributed by atoms with Crippen molar-refractivity contribution in [1.82, 2.24) is 0 Å². The van der Waals surface area contributed by atoms with Crippen LogP contribution in [0.3, 0.4) is 0 Å². The summed E-state index contributed by atoms with van der Waals surface area (Å²) >= 11 is 0. The van der Waals surface area contributed by atoms with E-state index in [0.29, 0.717) is 0 Å². The molecule has 0 bridgehead atoms. The minimum atomic E-state index is -4.00. The van der Waals surface area contributed by atoms with Crippen LogP contribution >= 0.6 is 15.1 Å². The molecule has 0 aliphatic carbocycles. The zero-order valence-corrected chi connectivity index (χ0v) is 14.6. The molecule has 112 valence electrons. The summed E-state index contributed by atoms with van der Waals surface area (Å²) in [5, 5.41) is 0. The highest BCUT2D eigenvalue weighted by atomic mass is 31.2. The lowest BCUT2D eigenvalue weighted by atomic mass is 10.4. The number of phosphoric acid groups is 1. The van der Waals surface area contributed by atoms with Crippen molar-refractivity contribution in [2.45, 2.75) is 39.5 Å². The van der Waals surface area contributed by atoms with Gasteiger partial charge >= 0.3 is 0 Å². The molecule has 0 aromatic rings. The number of unbranched alkanes of at least 4 members (excludes halogenated alkanes) is 2. The summed E-state index contributed by atoms with van der Waals surface area (Å²) in [6.07, 6.45) is 3.30. The molecular formula is C12H30O4P2. The van der Waals surface area contributed by atoms with E-state index in [1.54, 1.807) is 0 Å². The molecule has 0 aliphatic rings. The highest BCUT2D eigenvalue weighted by molar-refractivity contribution is 7.73. The highest BCUT2D eigenvalue weighted by Crippen LogP contribution is 2.40. The summed E-state index contributed by atoms with van der Waals surface area (Å²) in [5.74, 6) is 0. The third-order valence-electron chi connectivity index (χ3n) is 1.49. The Morgan fingerprint density at radius 3 is 1.44 bits per heavy atom. The van der Waals surface area contributed by atoms with Gasteiger partial charge in [0.2, 0.25) is 0 Å². The van der Waals surface area contributed by atoms with Crippen LogP contribution in [0.25, 0.3) is 0 Å². The standard InChI is InChI=1S/C8H19O4P.C4H12P/c1-3-5-7-11-13(9,10)12-8-6-4-2;1-5(2,3)4/h3-8H2,1-2H3,(H,9,10);1-4H3/q;+1/p-1. The molecule has 0 unspecified atom stereocenters. The average molecular weight is 300 g/mol. The van der Waals surface area contributed by atoms with E-state index in [1.165, 1.54) is 0 Å². The van der Waals surface area contributed by atoms with E-state index in [-0.39, 0.29) is 20.5 Å². The normalized spacial score (nSPS) is 11.9. The van der Waals surface area contributed by atoms with Crippen LogP contribution in [0.2, 0.25) is 0 Å². The van der Waals surface area contributed by atoms with Crippen LogP contribution in [0.4, 0.5) is 0 Å². The smallest absolute Gasteiger partial charge is 0.267 e. The molecule has 0 saturated carbocycles. The van der Waals surface area contributed by atoms with Gasteiger partial charge in [-0.15, -0.1) is 0 Å². The predicted molar refractivity (Wildman–Crippen MR) is 79.9 cm³/mol. The molecule has 0 heterocycles. The van der Waals surface area contributed by atoms with E-state index < -0.39 is 7.82 Å². The number of phosphoric ester groups is 1. The number of rotatable bonds is 8. The predicted octanol–water partition coefficient (Wildman–Crippen LogP) is 3.61. The lowest BCUT2D eigenvalue weighted by Crippen LogP contribution is -2.09. The third kappa shape index (κ3) is 25.4. The zero-order chi connectivity index (χ0) is 14.7. The average Bonchev–Trinajstić information content (AvgIpc) is 2.15. The molecule has 18 heavy (non-hydrogen) atoms. The van der Waals surface area contributed by atoms with E-state index in [4.69, 9.17) is 0 Å². The largest absolute Gasteiger partial charge is 0.756 e. The zero-order valence-electron chi connectivity index (χ0n) is 12.8. The van der Waals surface area contributed by atoms with Crippen LogP contribution in [0.1, 0.15) is 39.5 Å². The van der Waals surface area contributed by atoms with Gasteiger partial charge in [0.1, 0.15) is 0 Å². The number of hydrogen-bond donors (Lipinski definition) is 0. The molecule has 0 aliphatic heterocycles. The van der Waals surface area contributed by atoms with Gasteiger partial charge in [0.25, 0.3) is 7.82 Å². The quantitative estimate of drug-likeness (QED) is 0.507. The molecule has 6 heteroatoms. The first kappa shape index (κ1) is 20.8. The summed E-state index contributed by atoms with van der Waals surface area (Å²) in [7, 11) is -4.39. The minimum Gasteiger partial charge on any atom is -0.756 e. The maximum absolute atomic E-state index is 11.0. The Morgan fingerprint density at radius 1 is 0.944 bits per heavy atom. The fourth-order valence-corrected chi connectivity index (χ4v) is 1.46.